The highest BCUT2D eigenvalue weighted by molar-refractivity contribution is 5.85. The van der Waals surface area contributed by atoms with Crippen LogP contribution in [-0.2, 0) is 6.42 Å². The van der Waals surface area contributed by atoms with Crippen LogP contribution in [0.2, 0.25) is 0 Å². The Morgan fingerprint density at radius 3 is 2.55 bits per heavy atom. The van der Waals surface area contributed by atoms with Gasteiger partial charge in [-0.2, -0.15) is 0 Å². The third kappa shape index (κ3) is 1.90. The molecule has 2 nitrogen and oxygen atoms in total. The van der Waals surface area contributed by atoms with E-state index in [-0.39, 0.29) is 0 Å². The molecule has 0 saturated carbocycles. The molecular formula is C18H15NO. The zero-order chi connectivity index (χ0) is 13.4. The van der Waals surface area contributed by atoms with E-state index in [4.69, 9.17) is 4.42 Å². The largest absolute Gasteiger partial charge is 0.456 e. The first-order chi connectivity index (χ1) is 9.90. The minimum absolute atomic E-state index is 0.981. The third-order valence-corrected chi connectivity index (χ3v) is 3.76. The van der Waals surface area contributed by atoms with Crippen LogP contribution in [0, 0.1) is 0 Å². The van der Waals surface area contributed by atoms with Gasteiger partial charge in [0.25, 0.3) is 0 Å². The van der Waals surface area contributed by atoms with E-state index in [0.717, 1.165) is 29.9 Å². The van der Waals surface area contributed by atoms with Gasteiger partial charge in [-0.3, -0.25) is 0 Å². The van der Waals surface area contributed by atoms with Crippen LogP contribution in [0.1, 0.15) is 17.7 Å². The molecular weight excluding hydrogens is 246 g/mol. The molecule has 0 radical (unpaired) electrons. The van der Waals surface area contributed by atoms with Crippen molar-refractivity contribution >= 4 is 22.7 Å². The predicted octanol–water partition coefficient (Wildman–Crippen LogP) is 4.83. The molecule has 20 heavy (non-hydrogen) atoms. The van der Waals surface area contributed by atoms with Crippen LogP contribution in [0.3, 0.4) is 0 Å². The molecule has 0 spiro atoms. The van der Waals surface area contributed by atoms with Gasteiger partial charge in [-0.05, 0) is 31.0 Å². The first-order valence-electron chi connectivity index (χ1n) is 6.93. The van der Waals surface area contributed by atoms with Crippen LogP contribution in [0.25, 0.3) is 17.0 Å². The zero-order valence-electron chi connectivity index (χ0n) is 11.1. The number of allylic oxidation sites excluding steroid dienone is 1. The van der Waals surface area contributed by atoms with Crippen molar-refractivity contribution in [3.05, 3.63) is 71.6 Å². The quantitative estimate of drug-likeness (QED) is 0.714. The van der Waals surface area contributed by atoms with Gasteiger partial charge in [-0.25, -0.2) is 0 Å². The average Bonchev–Trinajstić information content (AvgIpc) is 2.86. The summed E-state index contributed by atoms with van der Waals surface area (Å²) >= 11 is 0. The second-order valence-electron chi connectivity index (χ2n) is 5.10. The van der Waals surface area contributed by atoms with Crippen LogP contribution >= 0.6 is 0 Å². The molecule has 0 saturated heterocycles. The van der Waals surface area contributed by atoms with Crippen LogP contribution in [0.15, 0.2) is 64.7 Å². The summed E-state index contributed by atoms with van der Waals surface area (Å²) in [4.78, 5) is 0. The molecule has 4 rings (SSSR count). The van der Waals surface area contributed by atoms with Gasteiger partial charge in [0.1, 0.15) is 11.3 Å². The molecule has 1 aromatic heterocycles. The Morgan fingerprint density at radius 1 is 0.850 bits per heavy atom. The molecule has 0 amide bonds. The fourth-order valence-electron chi connectivity index (χ4n) is 2.79. The van der Waals surface area contributed by atoms with Gasteiger partial charge in [0, 0.05) is 28.4 Å². The lowest BCUT2D eigenvalue weighted by Crippen LogP contribution is -2.05. The summed E-state index contributed by atoms with van der Waals surface area (Å²) in [5.41, 5.74) is 4.65. The number of hydrogen-bond acceptors (Lipinski definition) is 2. The Bertz CT molecular complexity index is 784. The highest BCUT2D eigenvalue weighted by atomic mass is 16.3. The average molecular weight is 261 g/mol. The van der Waals surface area contributed by atoms with E-state index in [1.54, 1.807) is 0 Å². The summed E-state index contributed by atoms with van der Waals surface area (Å²) in [6.07, 6.45) is 4.18. The van der Waals surface area contributed by atoms with Crippen LogP contribution in [0.4, 0.5) is 5.69 Å². The van der Waals surface area contributed by atoms with Crippen molar-refractivity contribution in [2.75, 3.05) is 5.32 Å². The van der Waals surface area contributed by atoms with Crippen molar-refractivity contribution < 1.29 is 4.42 Å². The van der Waals surface area contributed by atoms with Crippen LogP contribution in [0.5, 0.6) is 0 Å². The standard InChI is InChI=1S/C18H15NO/c1-2-6-13(7-3-1)19-14-10-11-16-15-8-4-5-9-17(15)20-18(16)12-14/h1-9,12,19H,10-11H2. The minimum Gasteiger partial charge on any atom is -0.456 e. The monoisotopic (exact) mass is 261 g/mol. The van der Waals surface area contributed by atoms with Gasteiger partial charge in [-0.1, -0.05) is 36.4 Å². The Kier molecular flexibility index (Phi) is 2.59. The highest BCUT2D eigenvalue weighted by Crippen LogP contribution is 2.33. The number of para-hydroxylation sites is 2. The number of fused-ring (bicyclic) bond motifs is 3. The first-order valence-corrected chi connectivity index (χ1v) is 6.93. The summed E-state index contributed by atoms with van der Waals surface area (Å²) in [7, 11) is 0. The third-order valence-electron chi connectivity index (χ3n) is 3.76. The topological polar surface area (TPSA) is 25.2 Å². The fourth-order valence-corrected chi connectivity index (χ4v) is 2.79. The zero-order valence-corrected chi connectivity index (χ0v) is 11.1. The highest BCUT2D eigenvalue weighted by Gasteiger charge is 2.17. The van der Waals surface area contributed by atoms with Crippen molar-refractivity contribution in [1.29, 1.82) is 0 Å². The molecule has 1 N–H and O–H groups in total. The summed E-state index contributed by atoms with van der Waals surface area (Å²) in [5, 5.41) is 4.71. The normalized spacial score (nSPS) is 13.9. The molecule has 3 aromatic rings. The summed E-state index contributed by atoms with van der Waals surface area (Å²) < 4.78 is 5.94. The molecule has 0 aliphatic heterocycles. The smallest absolute Gasteiger partial charge is 0.135 e. The Balaban J connectivity index is 1.71. The van der Waals surface area contributed by atoms with Crippen LogP contribution < -0.4 is 5.32 Å². The molecule has 1 aliphatic rings. The lowest BCUT2D eigenvalue weighted by Gasteiger charge is -2.15. The molecule has 0 fully saturated rings. The summed E-state index contributed by atoms with van der Waals surface area (Å²) in [5.74, 6) is 0.996. The maximum Gasteiger partial charge on any atom is 0.135 e. The lowest BCUT2D eigenvalue weighted by atomic mass is 9.99. The van der Waals surface area contributed by atoms with Crippen LogP contribution in [-0.4, -0.2) is 0 Å². The minimum atomic E-state index is 0.981. The maximum absolute atomic E-state index is 5.94. The number of hydrogen-bond donors (Lipinski definition) is 1. The first kappa shape index (κ1) is 11.4. The molecule has 98 valence electrons. The molecule has 0 unspecified atom stereocenters. The SMILES string of the molecule is C1=C(Nc2ccccc2)CCc2c1oc1ccccc21. The lowest BCUT2D eigenvalue weighted by molar-refractivity contribution is 0.594. The van der Waals surface area contributed by atoms with Gasteiger partial charge in [0.2, 0.25) is 0 Å². The van der Waals surface area contributed by atoms with E-state index in [1.165, 1.54) is 16.6 Å². The predicted molar refractivity (Wildman–Crippen MR) is 82.6 cm³/mol. The van der Waals surface area contributed by atoms with Crippen molar-refractivity contribution in [3.63, 3.8) is 0 Å². The second kappa shape index (κ2) is 4.57. The van der Waals surface area contributed by atoms with E-state index >= 15 is 0 Å². The molecule has 2 heteroatoms. The summed E-state index contributed by atoms with van der Waals surface area (Å²) in [6.45, 7) is 0. The van der Waals surface area contributed by atoms with Crippen molar-refractivity contribution in [3.8, 4) is 0 Å². The number of benzene rings is 2. The molecule has 0 atom stereocenters. The van der Waals surface area contributed by atoms with E-state index in [1.807, 2.05) is 30.3 Å². The van der Waals surface area contributed by atoms with Gasteiger partial charge in [0.15, 0.2) is 0 Å². The number of rotatable bonds is 2. The van der Waals surface area contributed by atoms with Crippen molar-refractivity contribution in [1.82, 2.24) is 0 Å². The van der Waals surface area contributed by atoms with Crippen molar-refractivity contribution in [2.45, 2.75) is 12.8 Å². The Labute approximate surface area is 117 Å². The van der Waals surface area contributed by atoms with Gasteiger partial charge in [-0.15, -0.1) is 0 Å². The molecule has 0 bridgehead atoms. The van der Waals surface area contributed by atoms with E-state index in [9.17, 15) is 0 Å². The Morgan fingerprint density at radius 2 is 1.65 bits per heavy atom. The number of aryl methyl sites for hydroxylation is 1. The van der Waals surface area contributed by atoms with E-state index in [0.29, 0.717) is 0 Å². The molecule has 1 heterocycles. The molecule has 2 aromatic carbocycles. The van der Waals surface area contributed by atoms with Gasteiger partial charge < -0.3 is 9.73 Å². The van der Waals surface area contributed by atoms with Gasteiger partial charge >= 0.3 is 0 Å². The number of nitrogens with one attached hydrogen (secondary N) is 1. The number of anilines is 1. The van der Waals surface area contributed by atoms with E-state index in [2.05, 4.69) is 35.7 Å². The van der Waals surface area contributed by atoms with Crippen molar-refractivity contribution in [2.24, 2.45) is 0 Å². The maximum atomic E-state index is 5.94. The Hall–Kier alpha value is -2.48. The number of furan rings is 1. The molecule has 1 aliphatic carbocycles. The second-order valence-corrected chi connectivity index (χ2v) is 5.10. The fraction of sp³-hybridized carbons (Fsp3) is 0.111. The van der Waals surface area contributed by atoms with E-state index < -0.39 is 0 Å². The summed E-state index contributed by atoms with van der Waals surface area (Å²) in [6, 6.07) is 18.5. The van der Waals surface area contributed by atoms with Gasteiger partial charge in [0.05, 0.1) is 0 Å².